The lowest BCUT2D eigenvalue weighted by atomic mass is 9.92. The van der Waals surface area contributed by atoms with E-state index in [-0.39, 0.29) is 11.7 Å². The first-order chi connectivity index (χ1) is 8.40. The molecule has 6 heteroatoms. The molecule has 1 heterocycles. The SMILES string of the molecule is CC1CC(C)CN(C(=O)CSC[C@H](N)C(=O)O)C1. The van der Waals surface area contributed by atoms with Crippen LogP contribution < -0.4 is 5.73 Å². The fourth-order valence-electron chi connectivity index (χ4n) is 2.30. The number of amides is 1. The van der Waals surface area contributed by atoms with E-state index in [0.29, 0.717) is 17.6 Å². The van der Waals surface area contributed by atoms with Crippen molar-refractivity contribution in [1.82, 2.24) is 4.90 Å². The lowest BCUT2D eigenvalue weighted by Crippen LogP contribution is -2.43. The highest BCUT2D eigenvalue weighted by molar-refractivity contribution is 8.00. The van der Waals surface area contributed by atoms with Gasteiger partial charge in [0.1, 0.15) is 6.04 Å². The van der Waals surface area contributed by atoms with Gasteiger partial charge in [-0.3, -0.25) is 9.59 Å². The fraction of sp³-hybridized carbons (Fsp3) is 0.833. The van der Waals surface area contributed by atoms with Gasteiger partial charge in [-0.1, -0.05) is 13.8 Å². The number of piperidine rings is 1. The van der Waals surface area contributed by atoms with Gasteiger partial charge < -0.3 is 15.7 Å². The molecule has 1 aliphatic rings. The number of thioether (sulfide) groups is 1. The number of hydrogen-bond acceptors (Lipinski definition) is 4. The maximum absolute atomic E-state index is 12.0. The molecule has 1 rings (SSSR count). The quantitative estimate of drug-likeness (QED) is 0.768. The van der Waals surface area contributed by atoms with Crippen LogP contribution in [0.15, 0.2) is 0 Å². The summed E-state index contributed by atoms with van der Waals surface area (Å²) in [6.07, 6.45) is 1.17. The third kappa shape index (κ3) is 4.86. The highest BCUT2D eigenvalue weighted by Gasteiger charge is 2.25. The number of hydrogen-bond donors (Lipinski definition) is 2. The Morgan fingerprint density at radius 2 is 1.94 bits per heavy atom. The minimum atomic E-state index is -1.02. The molecule has 104 valence electrons. The molecule has 0 bridgehead atoms. The minimum Gasteiger partial charge on any atom is -0.480 e. The summed E-state index contributed by atoms with van der Waals surface area (Å²) in [6, 6.07) is -0.887. The second-order valence-electron chi connectivity index (χ2n) is 5.20. The number of carbonyl (C=O) groups excluding carboxylic acids is 1. The van der Waals surface area contributed by atoms with E-state index >= 15 is 0 Å². The van der Waals surface area contributed by atoms with Gasteiger partial charge in [-0.2, -0.15) is 0 Å². The Kier molecular flexibility index (Phi) is 5.95. The molecule has 2 unspecified atom stereocenters. The smallest absolute Gasteiger partial charge is 0.321 e. The summed E-state index contributed by atoms with van der Waals surface area (Å²) in [7, 11) is 0. The third-order valence-corrected chi connectivity index (χ3v) is 4.11. The molecule has 5 nitrogen and oxygen atoms in total. The molecule has 1 amide bonds. The van der Waals surface area contributed by atoms with Crippen LogP contribution in [0.3, 0.4) is 0 Å². The Bertz CT molecular complexity index is 302. The number of carboxylic acid groups (broad SMARTS) is 1. The molecule has 0 aliphatic carbocycles. The van der Waals surface area contributed by atoms with E-state index in [0.717, 1.165) is 13.1 Å². The molecule has 3 N–H and O–H groups in total. The molecule has 1 aliphatic heterocycles. The van der Waals surface area contributed by atoms with Crippen LogP contribution in [-0.2, 0) is 9.59 Å². The second-order valence-corrected chi connectivity index (χ2v) is 6.23. The maximum atomic E-state index is 12.0. The number of rotatable bonds is 5. The predicted molar refractivity (Wildman–Crippen MR) is 72.5 cm³/mol. The molecule has 1 fully saturated rings. The summed E-state index contributed by atoms with van der Waals surface area (Å²) >= 11 is 1.30. The average Bonchev–Trinajstić information content (AvgIpc) is 2.27. The van der Waals surface area contributed by atoms with Crippen molar-refractivity contribution in [3.63, 3.8) is 0 Å². The van der Waals surface area contributed by atoms with E-state index in [1.165, 1.54) is 18.2 Å². The maximum Gasteiger partial charge on any atom is 0.321 e. The summed E-state index contributed by atoms with van der Waals surface area (Å²) in [6.45, 7) is 5.94. The van der Waals surface area contributed by atoms with E-state index in [1.54, 1.807) is 0 Å². The van der Waals surface area contributed by atoms with Crippen molar-refractivity contribution in [1.29, 1.82) is 0 Å². The van der Waals surface area contributed by atoms with Gasteiger partial charge in [0.15, 0.2) is 0 Å². The van der Waals surface area contributed by atoms with Crippen molar-refractivity contribution in [3.8, 4) is 0 Å². The Balaban J connectivity index is 2.30. The zero-order chi connectivity index (χ0) is 13.7. The van der Waals surface area contributed by atoms with Crippen molar-refractivity contribution in [2.75, 3.05) is 24.6 Å². The van der Waals surface area contributed by atoms with Crippen LogP contribution in [0.1, 0.15) is 20.3 Å². The molecule has 1 saturated heterocycles. The molecule has 0 saturated carbocycles. The van der Waals surface area contributed by atoms with Gasteiger partial charge in [0.25, 0.3) is 0 Å². The van der Waals surface area contributed by atoms with Crippen LogP contribution in [0.25, 0.3) is 0 Å². The lowest BCUT2D eigenvalue weighted by Gasteiger charge is -2.35. The van der Waals surface area contributed by atoms with Crippen molar-refractivity contribution in [2.45, 2.75) is 26.3 Å². The van der Waals surface area contributed by atoms with Crippen LogP contribution >= 0.6 is 11.8 Å². The number of carbonyl (C=O) groups is 2. The van der Waals surface area contributed by atoms with Gasteiger partial charge in [-0.15, -0.1) is 11.8 Å². The van der Waals surface area contributed by atoms with Gasteiger partial charge >= 0.3 is 5.97 Å². The van der Waals surface area contributed by atoms with Gasteiger partial charge in [-0.25, -0.2) is 0 Å². The number of likely N-dealkylation sites (tertiary alicyclic amines) is 1. The largest absolute Gasteiger partial charge is 0.480 e. The van der Waals surface area contributed by atoms with Crippen LogP contribution in [-0.4, -0.2) is 52.5 Å². The molecule has 0 spiro atoms. The first-order valence-electron chi connectivity index (χ1n) is 6.24. The van der Waals surface area contributed by atoms with E-state index in [1.807, 2.05) is 4.90 Å². The van der Waals surface area contributed by atoms with E-state index in [4.69, 9.17) is 10.8 Å². The molecular weight excluding hydrogens is 252 g/mol. The van der Waals surface area contributed by atoms with Crippen LogP contribution in [0, 0.1) is 11.8 Å². The van der Waals surface area contributed by atoms with Gasteiger partial charge in [0.2, 0.25) is 5.91 Å². The number of nitrogens with two attached hydrogens (primary N) is 1. The summed E-state index contributed by atoms with van der Waals surface area (Å²) in [5, 5.41) is 8.63. The molecule has 0 radical (unpaired) electrons. The van der Waals surface area contributed by atoms with Crippen molar-refractivity contribution >= 4 is 23.6 Å². The van der Waals surface area contributed by atoms with Gasteiger partial charge in [0, 0.05) is 18.8 Å². The number of aliphatic carboxylic acids is 1. The van der Waals surface area contributed by atoms with E-state index in [2.05, 4.69) is 13.8 Å². The second kappa shape index (κ2) is 6.99. The van der Waals surface area contributed by atoms with Gasteiger partial charge in [-0.05, 0) is 18.3 Å². The summed E-state index contributed by atoms with van der Waals surface area (Å²) in [4.78, 5) is 24.4. The Labute approximate surface area is 112 Å². The fourth-order valence-corrected chi connectivity index (χ4v) is 3.17. The normalized spacial score (nSPS) is 25.8. The Hall–Kier alpha value is -0.750. The summed E-state index contributed by atoms with van der Waals surface area (Å²) in [5.41, 5.74) is 5.38. The molecule has 0 aromatic rings. The molecule has 3 atom stereocenters. The molecule has 0 aromatic carbocycles. The first kappa shape index (κ1) is 15.3. The van der Waals surface area contributed by atoms with E-state index in [9.17, 15) is 9.59 Å². The highest BCUT2D eigenvalue weighted by Crippen LogP contribution is 2.21. The summed E-state index contributed by atoms with van der Waals surface area (Å²) < 4.78 is 0. The van der Waals surface area contributed by atoms with Gasteiger partial charge in [0.05, 0.1) is 5.75 Å². The average molecular weight is 274 g/mol. The Morgan fingerprint density at radius 3 is 2.44 bits per heavy atom. The predicted octanol–water partition coefficient (Wildman–Crippen LogP) is 0.636. The summed E-state index contributed by atoms with van der Waals surface area (Å²) in [5.74, 6) is 0.763. The number of nitrogens with zero attached hydrogens (tertiary/aromatic N) is 1. The van der Waals surface area contributed by atoms with E-state index < -0.39 is 12.0 Å². The zero-order valence-electron chi connectivity index (χ0n) is 11.0. The number of carboxylic acids is 1. The standard InChI is InChI=1S/C12H22N2O3S/c1-8-3-9(2)5-14(4-8)11(15)7-18-6-10(13)12(16)17/h8-10H,3-7,13H2,1-2H3,(H,16,17)/t8?,9?,10-/m0/s1. The van der Waals surface area contributed by atoms with Crippen molar-refractivity contribution in [3.05, 3.63) is 0 Å². The van der Waals surface area contributed by atoms with Crippen LogP contribution in [0.2, 0.25) is 0 Å². The Morgan fingerprint density at radius 1 is 1.39 bits per heavy atom. The lowest BCUT2D eigenvalue weighted by molar-refractivity contribution is -0.138. The van der Waals surface area contributed by atoms with Crippen LogP contribution in [0.4, 0.5) is 0 Å². The first-order valence-corrected chi connectivity index (χ1v) is 7.39. The molecule has 18 heavy (non-hydrogen) atoms. The molecule has 0 aromatic heterocycles. The molecular formula is C12H22N2O3S. The third-order valence-electron chi connectivity index (χ3n) is 3.06. The monoisotopic (exact) mass is 274 g/mol. The van der Waals surface area contributed by atoms with Crippen molar-refractivity contribution in [2.24, 2.45) is 17.6 Å². The van der Waals surface area contributed by atoms with Crippen molar-refractivity contribution < 1.29 is 14.7 Å². The zero-order valence-corrected chi connectivity index (χ0v) is 11.8. The minimum absolute atomic E-state index is 0.0935. The highest BCUT2D eigenvalue weighted by atomic mass is 32.2. The topological polar surface area (TPSA) is 83.6 Å². The van der Waals surface area contributed by atoms with Crippen LogP contribution in [0.5, 0.6) is 0 Å².